The van der Waals surface area contributed by atoms with Crippen molar-refractivity contribution < 1.29 is 68.1 Å². The number of aliphatic hydroxyl groups excluding tert-OH is 1. The van der Waals surface area contributed by atoms with Crippen molar-refractivity contribution in [1.82, 2.24) is 16.0 Å². The SMILES string of the molecule is COc1cccc2c1C(=O)c1c(O)c3c(c(O)c1C2=O)C[C@@](O)(C(C)=O)C[C@H]3O[C@@H]1C[C@@H]2N[C@H](C3C(=O)NC(=S)NC3=O)[C@@H](C)O[C@@H](C[C@H](C)O)O[C@H]2[C@@H](C)O1. The Hall–Kier alpha value is -4.40. The van der Waals surface area contributed by atoms with Gasteiger partial charge in [-0.15, -0.1) is 0 Å². The topological polar surface area (TPSA) is 249 Å². The number of nitrogens with one attached hydrogen (secondary N) is 3. The minimum atomic E-state index is -2.13. The second-order valence-corrected chi connectivity index (χ2v) is 15.4. The van der Waals surface area contributed by atoms with Crippen molar-refractivity contribution in [1.29, 1.82) is 0 Å². The van der Waals surface area contributed by atoms with Crippen molar-refractivity contribution in [3.05, 3.63) is 51.6 Å². The third-order valence-corrected chi connectivity index (χ3v) is 11.4. The molecule has 0 unspecified atom stereocenters. The van der Waals surface area contributed by atoms with Crippen LogP contribution in [-0.4, -0.2) is 116 Å². The van der Waals surface area contributed by atoms with E-state index in [1.54, 1.807) is 20.8 Å². The maximum atomic E-state index is 14.0. The largest absolute Gasteiger partial charge is 0.507 e. The Bertz CT molecular complexity index is 2020. The summed E-state index contributed by atoms with van der Waals surface area (Å²) in [5.41, 5.74) is -3.53. The van der Waals surface area contributed by atoms with Gasteiger partial charge in [0, 0.05) is 48.4 Å². The average Bonchev–Trinajstić information content (AvgIpc) is 3.11. The van der Waals surface area contributed by atoms with E-state index < -0.39 is 131 Å². The summed E-state index contributed by atoms with van der Waals surface area (Å²) in [7, 11) is 1.32. The van der Waals surface area contributed by atoms with Gasteiger partial charge in [-0.05, 0) is 46.0 Å². The van der Waals surface area contributed by atoms with Crippen LogP contribution in [0.2, 0.25) is 0 Å². The smallest absolute Gasteiger partial charge is 0.240 e. The summed E-state index contributed by atoms with van der Waals surface area (Å²) >= 11 is 5.00. The zero-order valence-electron chi connectivity index (χ0n) is 31.1. The molecule has 56 heavy (non-hydrogen) atoms. The van der Waals surface area contributed by atoms with E-state index in [2.05, 4.69) is 16.0 Å². The Kier molecular flexibility index (Phi) is 10.5. The number of ketones is 3. The van der Waals surface area contributed by atoms with Crippen molar-refractivity contribution in [2.24, 2.45) is 5.92 Å². The van der Waals surface area contributed by atoms with E-state index in [1.807, 2.05) is 0 Å². The highest BCUT2D eigenvalue weighted by Gasteiger charge is 2.52. The fourth-order valence-corrected chi connectivity index (χ4v) is 8.71. The lowest BCUT2D eigenvalue weighted by Crippen LogP contribution is -2.68. The quantitative estimate of drug-likeness (QED) is 0.0989. The number of hydrogen-bond acceptors (Lipinski definition) is 16. The van der Waals surface area contributed by atoms with Crippen LogP contribution in [-0.2, 0) is 39.8 Å². The number of aromatic hydroxyl groups is 2. The molecular weight excluding hydrogens is 754 g/mol. The number of carbonyl (C=O) groups is 5. The van der Waals surface area contributed by atoms with Crippen molar-refractivity contribution in [2.75, 3.05) is 7.11 Å². The average molecular weight is 798 g/mol. The number of carbonyl (C=O) groups excluding carboxylic acids is 5. The molecular formula is C38H43N3O14S. The zero-order chi connectivity index (χ0) is 40.5. The first-order valence-corrected chi connectivity index (χ1v) is 18.7. The Balaban J connectivity index is 1.27. The number of fused-ring (bicyclic) bond motifs is 4. The van der Waals surface area contributed by atoms with Crippen LogP contribution in [0.5, 0.6) is 17.2 Å². The van der Waals surface area contributed by atoms with Crippen molar-refractivity contribution in [3.8, 4) is 17.2 Å². The molecule has 5 aliphatic rings. The molecule has 0 bridgehead atoms. The molecule has 3 fully saturated rings. The van der Waals surface area contributed by atoms with Crippen LogP contribution in [0.4, 0.5) is 0 Å². The highest BCUT2D eigenvalue weighted by Crippen LogP contribution is 2.52. The second-order valence-electron chi connectivity index (χ2n) is 15.0. The number of phenols is 2. The molecule has 2 aromatic rings. The number of methoxy groups -OCH3 is 1. The van der Waals surface area contributed by atoms with E-state index in [1.165, 1.54) is 25.3 Å². The number of phenolic OH excluding ortho intramolecular Hbond substituents is 2. The molecule has 3 aliphatic heterocycles. The summed E-state index contributed by atoms with van der Waals surface area (Å²) in [6.07, 6.45) is -7.70. The summed E-state index contributed by atoms with van der Waals surface area (Å²) in [4.78, 5) is 67.2. The van der Waals surface area contributed by atoms with E-state index in [9.17, 15) is 44.4 Å². The fraction of sp³-hybridized carbons (Fsp3) is 0.526. The van der Waals surface area contributed by atoms with Gasteiger partial charge < -0.3 is 60.1 Å². The fourth-order valence-electron chi connectivity index (χ4n) is 8.51. The molecule has 0 saturated carbocycles. The van der Waals surface area contributed by atoms with Gasteiger partial charge in [0.2, 0.25) is 17.6 Å². The molecule has 10 atom stereocenters. The summed E-state index contributed by atoms with van der Waals surface area (Å²) < 4.78 is 30.6. The summed E-state index contributed by atoms with van der Waals surface area (Å²) in [6.45, 7) is 6.05. The summed E-state index contributed by atoms with van der Waals surface area (Å²) in [5.74, 6) is -6.13. The molecule has 2 aromatic carbocycles. The van der Waals surface area contributed by atoms with E-state index in [0.717, 1.165) is 6.92 Å². The van der Waals surface area contributed by atoms with E-state index in [0.29, 0.717) is 0 Å². The molecule has 0 aromatic heterocycles. The lowest BCUT2D eigenvalue weighted by molar-refractivity contribution is -0.297. The van der Waals surface area contributed by atoms with Gasteiger partial charge in [0.05, 0.1) is 54.3 Å². The van der Waals surface area contributed by atoms with Crippen molar-refractivity contribution in [2.45, 2.75) is 114 Å². The predicted molar refractivity (Wildman–Crippen MR) is 195 cm³/mol. The lowest BCUT2D eigenvalue weighted by Gasteiger charge is -2.48. The van der Waals surface area contributed by atoms with Gasteiger partial charge in [-0.25, -0.2) is 0 Å². The van der Waals surface area contributed by atoms with E-state index >= 15 is 0 Å². The summed E-state index contributed by atoms with van der Waals surface area (Å²) in [5, 5.41) is 53.7. The lowest BCUT2D eigenvalue weighted by atomic mass is 9.72. The molecule has 300 valence electrons. The van der Waals surface area contributed by atoms with Crippen molar-refractivity contribution in [3.63, 3.8) is 0 Å². The number of thiocarbonyl (C=S) groups is 1. The number of amides is 2. The number of ether oxygens (including phenoxy) is 5. The number of hydrogen-bond donors (Lipinski definition) is 7. The summed E-state index contributed by atoms with van der Waals surface area (Å²) in [6, 6.07) is 2.71. The van der Waals surface area contributed by atoms with Crippen LogP contribution in [0, 0.1) is 5.92 Å². The van der Waals surface area contributed by atoms with Gasteiger partial charge in [0.15, 0.2) is 29.3 Å². The Morgan fingerprint density at radius 2 is 1.68 bits per heavy atom. The molecule has 18 heteroatoms. The standard InChI is InChI=1S/C38H43N3O14S/c1-13(42)9-22-52-14(2)29(28-35(48)40-37(56)41-36(28)49)39-19-10-23(53-15(3)34(19)55-22)54-21-12-38(50,16(4)43)11-18-25(21)33(47)27-26(31(18)45)30(44)17-7-6-8-20(51-5)24(17)32(27)46/h6-8,13-15,19,21-23,28-29,34,39,42,45,47,50H,9-12H2,1-5H3,(H2,40,41,48,49,56)/t13-,14+,15+,19-,21+,22+,23+,29-,34-,38-/m0/s1. The number of aliphatic hydroxyl groups is 2. The van der Waals surface area contributed by atoms with Gasteiger partial charge in [-0.2, -0.15) is 0 Å². The third-order valence-electron chi connectivity index (χ3n) is 11.2. The first kappa shape index (κ1) is 39.8. The van der Waals surface area contributed by atoms with Crippen LogP contribution in [0.25, 0.3) is 0 Å². The number of rotatable bonds is 7. The van der Waals surface area contributed by atoms with Crippen LogP contribution in [0.1, 0.15) is 96.0 Å². The van der Waals surface area contributed by atoms with Crippen LogP contribution < -0.4 is 20.7 Å². The third kappa shape index (κ3) is 6.76. The van der Waals surface area contributed by atoms with Gasteiger partial charge in [-0.1, -0.05) is 12.1 Å². The first-order chi connectivity index (χ1) is 26.4. The minimum Gasteiger partial charge on any atom is -0.507 e. The Morgan fingerprint density at radius 3 is 2.32 bits per heavy atom. The monoisotopic (exact) mass is 797 g/mol. The molecule has 17 nitrogen and oxygen atoms in total. The second kappa shape index (κ2) is 14.8. The van der Waals surface area contributed by atoms with Gasteiger partial charge in [0.1, 0.15) is 34.9 Å². The van der Waals surface area contributed by atoms with Crippen LogP contribution >= 0.6 is 12.2 Å². The van der Waals surface area contributed by atoms with Crippen molar-refractivity contribution >= 4 is 46.5 Å². The first-order valence-electron chi connectivity index (χ1n) is 18.3. The molecule has 0 spiro atoms. The van der Waals surface area contributed by atoms with E-state index in [-0.39, 0.29) is 46.0 Å². The predicted octanol–water partition coefficient (Wildman–Crippen LogP) is 0.716. The highest BCUT2D eigenvalue weighted by molar-refractivity contribution is 7.80. The van der Waals surface area contributed by atoms with Gasteiger partial charge in [0.25, 0.3) is 0 Å². The Labute approximate surface area is 326 Å². The maximum Gasteiger partial charge on any atom is 0.240 e. The molecule has 7 rings (SSSR count). The van der Waals surface area contributed by atoms with E-state index in [4.69, 9.17) is 35.9 Å². The number of benzene rings is 2. The minimum absolute atomic E-state index is 0.0298. The zero-order valence-corrected chi connectivity index (χ0v) is 31.9. The molecule has 7 N–H and O–H groups in total. The highest BCUT2D eigenvalue weighted by atomic mass is 32.1. The molecule has 2 amide bonds. The molecule has 3 saturated heterocycles. The molecule has 2 aliphatic carbocycles. The van der Waals surface area contributed by atoms with Crippen LogP contribution in [0.15, 0.2) is 18.2 Å². The van der Waals surface area contributed by atoms with Gasteiger partial charge >= 0.3 is 0 Å². The number of Topliss-reactive ketones (excluding diaryl/α,β-unsaturated/α-hetero) is 1. The van der Waals surface area contributed by atoms with Gasteiger partial charge in [-0.3, -0.25) is 24.0 Å². The molecule has 0 radical (unpaired) electrons. The van der Waals surface area contributed by atoms with Crippen LogP contribution in [0.3, 0.4) is 0 Å². The normalized spacial score (nSPS) is 32.4. The Morgan fingerprint density at radius 1 is 1.00 bits per heavy atom. The molecule has 3 heterocycles. The maximum absolute atomic E-state index is 14.0.